The summed E-state index contributed by atoms with van der Waals surface area (Å²) in [4.78, 5) is 35.7. The van der Waals surface area contributed by atoms with Crippen molar-refractivity contribution in [2.45, 2.75) is 43.7 Å². The molecule has 3 aromatic carbocycles. The van der Waals surface area contributed by atoms with Gasteiger partial charge in [-0.05, 0) is 48.0 Å². The van der Waals surface area contributed by atoms with Gasteiger partial charge in [0.15, 0.2) is 5.75 Å². The summed E-state index contributed by atoms with van der Waals surface area (Å²) in [7, 11) is -2.91. The molecule has 2 amide bonds. The Bertz CT molecular complexity index is 2240. The van der Waals surface area contributed by atoms with Crippen molar-refractivity contribution in [2.75, 3.05) is 31.0 Å². The van der Waals surface area contributed by atoms with E-state index in [2.05, 4.69) is 34.9 Å². The maximum Gasteiger partial charge on any atom is 0.247 e. The van der Waals surface area contributed by atoms with E-state index < -0.39 is 28.7 Å². The molecule has 2 aromatic heterocycles. The highest BCUT2D eigenvalue weighted by molar-refractivity contribution is 7.89. The molecular formula is C35H39ClN6O8SSi. The van der Waals surface area contributed by atoms with Gasteiger partial charge in [-0.1, -0.05) is 43.4 Å². The number of phenols is 1. The Morgan fingerprint density at radius 1 is 1.10 bits per heavy atom. The molecule has 0 fully saturated rings. The second kappa shape index (κ2) is 15.6. The fourth-order valence-electron chi connectivity index (χ4n) is 5.51. The SMILES string of the molecule is COc1ccc(CN(C(=O)Cn2cc(-c3cc(NC=O)c(O)c(S(N)(=O)=O)c3)c3c(OCC[Si](C)(C)C)ncnc32)c2ccccc2Cl)c(OC)c1. The number of amides is 2. The first-order valence-electron chi connectivity index (χ1n) is 16.0. The van der Waals surface area contributed by atoms with Gasteiger partial charge in [-0.2, -0.15) is 0 Å². The van der Waals surface area contributed by atoms with Crippen molar-refractivity contribution < 1.29 is 37.3 Å². The monoisotopic (exact) mass is 766 g/mol. The number of nitrogens with zero attached hydrogens (tertiary/aromatic N) is 4. The van der Waals surface area contributed by atoms with Crippen LogP contribution in [-0.2, 0) is 32.7 Å². The number of carbonyl (C=O) groups is 2. The van der Waals surface area contributed by atoms with Gasteiger partial charge in [0.05, 0.1) is 49.2 Å². The molecular weight excluding hydrogens is 728 g/mol. The van der Waals surface area contributed by atoms with Crippen molar-refractivity contribution in [3.05, 3.63) is 77.7 Å². The van der Waals surface area contributed by atoms with Crippen molar-refractivity contribution in [1.29, 1.82) is 0 Å². The largest absolute Gasteiger partial charge is 0.504 e. The number of fused-ring (bicyclic) bond motifs is 1. The lowest BCUT2D eigenvalue weighted by Gasteiger charge is -2.25. The highest BCUT2D eigenvalue weighted by atomic mass is 35.5. The Morgan fingerprint density at radius 2 is 1.85 bits per heavy atom. The zero-order chi connectivity index (χ0) is 37.8. The van der Waals surface area contributed by atoms with Crippen LogP contribution in [0.3, 0.4) is 0 Å². The van der Waals surface area contributed by atoms with Crippen molar-refractivity contribution in [3.63, 3.8) is 0 Å². The van der Waals surface area contributed by atoms with Crippen molar-refractivity contribution >= 4 is 64.4 Å². The Balaban J connectivity index is 1.67. The maximum atomic E-state index is 14.5. The number of hydrogen-bond donors (Lipinski definition) is 3. The molecule has 0 spiro atoms. The average molecular weight is 767 g/mol. The molecule has 274 valence electrons. The average Bonchev–Trinajstić information content (AvgIpc) is 3.46. The van der Waals surface area contributed by atoms with Crippen molar-refractivity contribution in [1.82, 2.24) is 14.5 Å². The van der Waals surface area contributed by atoms with Crippen LogP contribution in [0.1, 0.15) is 5.56 Å². The Kier molecular flexibility index (Phi) is 11.4. The van der Waals surface area contributed by atoms with E-state index in [4.69, 9.17) is 31.0 Å². The summed E-state index contributed by atoms with van der Waals surface area (Å²) in [6, 6.07) is 15.6. The van der Waals surface area contributed by atoms with Crippen molar-refractivity contribution in [2.24, 2.45) is 5.14 Å². The molecule has 4 N–H and O–H groups in total. The molecule has 2 heterocycles. The predicted molar refractivity (Wildman–Crippen MR) is 202 cm³/mol. The van der Waals surface area contributed by atoms with E-state index in [-0.39, 0.29) is 36.1 Å². The van der Waals surface area contributed by atoms with E-state index in [1.54, 1.807) is 60.3 Å². The molecule has 14 nitrogen and oxygen atoms in total. The van der Waals surface area contributed by atoms with Crippen LogP contribution in [-0.4, -0.2) is 69.3 Å². The van der Waals surface area contributed by atoms with Crippen LogP contribution in [0.4, 0.5) is 11.4 Å². The minimum Gasteiger partial charge on any atom is -0.504 e. The number of nitrogens with one attached hydrogen (secondary N) is 1. The molecule has 0 aliphatic rings. The van der Waals surface area contributed by atoms with Crippen LogP contribution in [0.5, 0.6) is 23.1 Å². The number of hydrogen-bond acceptors (Lipinski definition) is 10. The normalized spacial score (nSPS) is 11.7. The first-order chi connectivity index (χ1) is 24.6. The third-order valence-corrected chi connectivity index (χ3v) is 11.1. The molecule has 5 aromatic rings. The quantitative estimate of drug-likeness (QED) is 0.0684. The van der Waals surface area contributed by atoms with Gasteiger partial charge in [0, 0.05) is 31.5 Å². The highest BCUT2D eigenvalue weighted by Gasteiger charge is 2.27. The number of aromatic nitrogens is 3. The number of benzene rings is 3. The minimum absolute atomic E-state index is 0.0816. The minimum atomic E-state index is -4.46. The number of anilines is 2. The van der Waals surface area contributed by atoms with Gasteiger partial charge in [-0.15, -0.1) is 0 Å². The molecule has 0 radical (unpaired) electrons. The van der Waals surface area contributed by atoms with Gasteiger partial charge in [0.1, 0.15) is 34.9 Å². The van der Waals surface area contributed by atoms with Gasteiger partial charge in [0.25, 0.3) is 0 Å². The molecule has 0 saturated heterocycles. The van der Waals surface area contributed by atoms with E-state index in [0.717, 1.165) is 6.04 Å². The summed E-state index contributed by atoms with van der Waals surface area (Å²) in [5.74, 6) is 0.170. The van der Waals surface area contributed by atoms with E-state index in [1.165, 1.54) is 30.5 Å². The van der Waals surface area contributed by atoms with Crippen LogP contribution in [0.2, 0.25) is 30.7 Å². The summed E-state index contributed by atoms with van der Waals surface area (Å²) in [5, 5.41) is 19.2. The van der Waals surface area contributed by atoms with E-state index in [0.29, 0.717) is 57.4 Å². The third kappa shape index (κ3) is 8.47. The topological polar surface area (TPSA) is 188 Å². The lowest BCUT2D eigenvalue weighted by Crippen LogP contribution is -2.33. The summed E-state index contributed by atoms with van der Waals surface area (Å²) in [6.07, 6.45) is 3.21. The lowest BCUT2D eigenvalue weighted by atomic mass is 10.0. The maximum absolute atomic E-state index is 14.5. The molecule has 0 bridgehead atoms. The number of nitrogens with two attached hydrogens (primary N) is 1. The summed E-state index contributed by atoms with van der Waals surface area (Å²) in [5.41, 5.74) is 1.81. The fourth-order valence-corrected chi connectivity index (χ4v) is 7.14. The zero-order valence-corrected chi connectivity index (χ0v) is 31.8. The molecule has 52 heavy (non-hydrogen) atoms. The van der Waals surface area contributed by atoms with E-state index >= 15 is 0 Å². The van der Waals surface area contributed by atoms with Gasteiger partial charge >= 0.3 is 0 Å². The van der Waals surface area contributed by atoms with E-state index in [1.807, 2.05) is 0 Å². The standard InChI is InChI=1S/C35H39ClN6O8SSi/c1-48-24-11-10-22(29(16-24)49-2)17-42(28-9-7-6-8-26(28)36)31(44)19-41-18-25(23-14-27(40-21-43)33(45)30(15-23)51(37,46)47)32-34(41)38-20-39-35(32)50-12-13-52(3,4)5/h6-11,14-16,18,20-21,45H,12-13,17,19H2,1-5H3,(H,40,43)(H2,37,46,47). The molecule has 0 unspecified atom stereocenters. The van der Waals surface area contributed by atoms with E-state index in [9.17, 15) is 23.1 Å². The number of methoxy groups -OCH3 is 2. The van der Waals surface area contributed by atoms with Crippen LogP contribution in [0.25, 0.3) is 22.2 Å². The summed E-state index contributed by atoms with van der Waals surface area (Å²) in [6.45, 7) is 6.80. The number of primary sulfonamides is 1. The van der Waals surface area contributed by atoms with Gasteiger partial charge in [0.2, 0.25) is 28.2 Å². The van der Waals surface area contributed by atoms with Gasteiger partial charge in [-0.3, -0.25) is 9.59 Å². The number of aromatic hydroxyl groups is 1. The number of para-hydroxylation sites is 1. The Morgan fingerprint density at radius 3 is 2.50 bits per heavy atom. The van der Waals surface area contributed by atoms with Crippen LogP contribution >= 0.6 is 11.6 Å². The second-order valence-corrected chi connectivity index (χ2v) is 20.6. The number of phenolic OH excluding ortho intramolecular Hbond substituents is 1. The van der Waals surface area contributed by atoms with Crippen molar-refractivity contribution in [3.8, 4) is 34.3 Å². The molecule has 17 heteroatoms. The van der Waals surface area contributed by atoms with Crippen LogP contribution in [0, 0.1) is 0 Å². The number of carbonyl (C=O) groups excluding carboxylic acids is 2. The number of halogens is 1. The Labute approximate surface area is 307 Å². The lowest BCUT2D eigenvalue weighted by molar-refractivity contribution is -0.119. The van der Waals surface area contributed by atoms with Crippen LogP contribution < -0.4 is 29.6 Å². The van der Waals surface area contributed by atoms with Gasteiger partial charge in [-0.25, -0.2) is 23.5 Å². The Hall–Kier alpha value is -5.16. The van der Waals surface area contributed by atoms with Crippen LogP contribution in [0.15, 0.2) is 72.0 Å². The highest BCUT2D eigenvalue weighted by Crippen LogP contribution is 2.41. The molecule has 0 saturated carbocycles. The zero-order valence-electron chi connectivity index (χ0n) is 29.2. The first kappa shape index (κ1) is 38.1. The molecule has 0 atom stereocenters. The summed E-state index contributed by atoms with van der Waals surface area (Å²) < 4.78 is 43.9. The fraction of sp³-hybridized carbons (Fsp3) is 0.257. The number of sulfonamides is 1. The number of ether oxygens (including phenoxy) is 3. The van der Waals surface area contributed by atoms with Gasteiger partial charge < -0.3 is 34.1 Å². The predicted octanol–water partition coefficient (Wildman–Crippen LogP) is 5.64. The first-order valence-corrected chi connectivity index (χ1v) is 21.6. The third-order valence-electron chi connectivity index (χ3n) is 8.19. The smallest absolute Gasteiger partial charge is 0.247 e. The molecule has 0 aliphatic heterocycles. The summed E-state index contributed by atoms with van der Waals surface area (Å²) >= 11 is 6.64. The number of rotatable bonds is 15. The molecule has 5 rings (SSSR count). The second-order valence-electron chi connectivity index (χ2n) is 13.0. The molecule has 0 aliphatic carbocycles.